The summed E-state index contributed by atoms with van der Waals surface area (Å²) >= 11 is 0. The number of sulfone groups is 1. The molecule has 3 rings (SSSR count). The van der Waals surface area contributed by atoms with Crippen molar-refractivity contribution in [3.63, 3.8) is 0 Å². The van der Waals surface area contributed by atoms with Gasteiger partial charge in [0.1, 0.15) is 0 Å². The molecule has 1 N–H and O–H groups in total. The van der Waals surface area contributed by atoms with E-state index in [1.54, 1.807) is 0 Å². The number of hydrogen-bond donors (Lipinski definition) is 1. The third kappa shape index (κ3) is 2.53. The predicted octanol–water partition coefficient (Wildman–Crippen LogP) is 2.27. The van der Waals surface area contributed by atoms with E-state index in [1.165, 1.54) is 0 Å². The molecule has 0 spiro atoms. The highest BCUT2D eigenvalue weighted by atomic mass is 32.2. The summed E-state index contributed by atoms with van der Waals surface area (Å²) in [5.41, 5.74) is -0.296. The number of carboxylic acid groups (broad SMARTS) is 1. The first-order valence-electron chi connectivity index (χ1n) is 6.82. The lowest BCUT2D eigenvalue weighted by atomic mass is 9.80. The van der Waals surface area contributed by atoms with Crippen LogP contribution < -0.4 is 0 Å². The summed E-state index contributed by atoms with van der Waals surface area (Å²) in [6.45, 7) is 0. The van der Waals surface area contributed by atoms with Gasteiger partial charge in [0.2, 0.25) is 0 Å². The van der Waals surface area contributed by atoms with E-state index in [0.717, 1.165) is 16.3 Å². The first-order chi connectivity index (χ1) is 9.92. The second kappa shape index (κ2) is 4.84. The summed E-state index contributed by atoms with van der Waals surface area (Å²) in [5, 5.41) is 11.6. The zero-order valence-electron chi connectivity index (χ0n) is 11.5. The van der Waals surface area contributed by atoms with E-state index in [9.17, 15) is 18.3 Å². The molecule has 1 fully saturated rings. The van der Waals surface area contributed by atoms with E-state index in [1.807, 2.05) is 42.5 Å². The molecule has 4 nitrogen and oxygen atoms in total. The van der Waals surface area contributed by atoms with Crippen molar-refractivity contribution < 1.29 is 18.3 Å². The molecule has 2 aromatic rings. The molecule has 0 bridgehead atoms. The summed E-state index contributed by atoms with van der Waals surface area (Å²) in [6.07, 6.45) is 0.441. The van der Waals surface area contributed by atoms with E-state index in [2.05, 4.69) is 0 Å². The molecule has 1 aliphatic heterocycles. The maximum atomic E-state index is 11.7. The smallest absolute Gasteiger partial charge is 0.311 e. The van der Waals surface area contributed by atoms with Gasteiger partial charge in [-0.3, -0.25) is 4.79 Å². The molecule has 0 aliphatic carbocycles. The standard InChI is InChI=1S/C16H16O4S/c17-15(18)16(8-9-21(19,20)11-16)10-13-6-3-5-12-4-1-2-7-14(12)13/h1-7H,8-11H2,(H,17,18). The zero-order chi connectivity index (χ0) is 15.1. The van der Waals surface area contributed by atoms with Crippen molar-refractivity contribution in [1.82, 2.24) is 0 Å². The van der Waals surface area contributed by atoms with Gasteiger partial charge in [-0.05, 0) is 29.2 Å². The largest absolute Gasteiger partial charge is 0.481 e. The van der Waals surface area contributed by atoms with Crippen LogP contribution in [-0.4, -0.2) is 31.0 Å². The van der Waals surface area contributed by atoms with Crippen LogP contribution in [0.15, 0.2) is 42.5 Å². The minimum atomic E-state index is -3.25. The van der Waals surface area contributed by atoms with Crippen LogP contribution in [0.3, 0.4) is 0 Å². The number of fused-ring (bicyclic) bond motifs is 1. The second-order valence-corrected chi connectivity index (χ2v) is 7.93. The first kappa shape index (κ1) is 14.1. The van der Waals surface area contributed by atoms with Crippen LogP contribution in [0.5, 0.6) is 0 Å². The van der Waals surface area contributed by atoms with Crippen LogP contribution in [0.2, 0.25) is 0 Å². The van der Waals surface area contributed by atoms with Gasteiger partial charge in [0.25, 0.3) is 0 Å². The Labute approximate surface area is 123 Å². The van der Waals surface area contributed by atoms with Gasteiger partial charge in [-0.1, -0.05) is 42.5 Å². The molecule has 21 heavy (non-hydrogen) atoms. The van der Waals surface area contributed by atoms with Gasteiger partial charge in [-0.25, -0.2) is 8.42 Å². The second-order valence-electron chi connectivity index (χ2n) is 5.74. The SMILES string of the molecule is O=C(O)C1(Cc2cccc3ccccc23)CCS(=O)(=O)C1. The third-order valence-corrected chi connectivity index (χ3v) is 6.07. The van der Waals surface area contributed by atoms with Crippen molar-refractivity contribution in [3.8, 4) is 0 Å². The average molecular weight is 304 g/mol. The molecule has 1 aliphatic rings. The fraction of sp³-hybridized carbons (Fsp3) is 0.312. The van der Waals surface area contributed by atoms with Crippen molar-refractivity contribution >= 4 is 26.6 Å². The summed E-state index contributed by atoms with van der Waals surface area (Å²) in [7, 11) is -3.25. The minimum Gasteiger partial charge on any atom is -0.481 e. The fourth-order valence-electron chi connectivity index (χ4n) is 3.11. The number of benzene rings is 2. The highest BCUT2D eigenvalue weighted by Gasteiger charge is 2.48. The van der Waals surface area contributed by atoms with E-state index in [0.29, 0.717) is 0 Å². The lowest BCUT2D eigenvalue weighted by Crippen LogP contribution is -2.34. The molecule has 0 saturated carbocycles. The van der Waals surface area contributed by atoms with E-state index >= 15 is 0 Å². The van der Waals surface area contributed by atoms with Crippen molar-refractivity contribution in [2.24, 2.45) is 5.41 Å². The van der Waals surface area contributed by atoms with Crippen molar-refractivity contribution in [1.29, 1.82) is 0 Å². The lowest BCUT2D eigenvalue weighted by Gasteiger charge is -2.23. The van der Waals surface area contributed by atoms with Crippen molar-refractivity contribution in [3.05, 3.63) is 48.0 Å². The molecule has 0 aromatic heterocycles. The molecule has 0 amide bonds. The lowest BCUT2D eigenvalue weighted by molar-refractivity contribution is -0.147. The van der Waals surface area contributed by atoms with Gasteiger partial charge in [-0.15, -0.1) is 0 Å². The van der Waals surface area contributed by atoms with Crippen LogP contribution >= 0.6 is 0 Å². The van der Waals surface area contributed by atoms with Gasteiger partial charge < -0.3 is 5.11 Å². The highest BCUT2D eigenvalue weighted by Crippen LogP contribution is 2.37. The van der Waals surface area contributed by atoms with E-state index < -0.39 is 21.2 Å². The number of carboxylic acids is 1. The number of rotatable bonds is 3. The Bertz CT molecular complexity index is 805. The molecule has 2 aromatic carbocycles. The number of hydrogen-bond acceptors (Lipinski definition) is 3. The molecular weight excluding hydrogens is 288 g/mol. The van der Waals surface area contributed by atoms with Crippen LogP contribution in [0, 0.1) is 5.41 Å². The number of aliphatic carboxylic acids is 1. The van der Waals surface area contributed by atoms with Gasteiger partial charge >= 0.3 is 5.97 Å². The molecule has 0 radical (unpaired) electrons. The maximum Gasteiger partial charge on any atom is 0.311 e. The van der Waals surface area contributed by atoms with Crippen LogP contribution in [0.25, 0.3) is 10.8 Å². The quantitative estimate of drug-likeness (QED) is 0.944. The van der Waals surface area contributed by atoms with Crippen LogP contribution in [0.4, 0.5) is 0 Å². The topological polar surface area (TPSA) is 71.4 Å². The Morgan fingerprint density at radius 1 is 1.14 bits per heavy atom. The molecular formula is C16H16O4S. The Hall–Kier alpha value is -1.88. The summed E-state index contributed by atoms with van der Waals surface area (Å²) in [4.78, 5) is 11.7. The number of carbonyl (C=O) groups is 1. The van der Waals surface area contributed by atoms with Gasteiger partial charge in [0.15, 0.2) is 9.84 Å². The summed E-state index contributed by atoms with van der Waals surface area (Å²) in [5.74, 6) is -1.32. The van der Waals surface area contributed by atoms with Gasteiger partial charge in [0, 0.05) is 0 Å². The minimum absolute atomic E-state index is 0.0376. The van der Waals surface area contributed by atoms with E-state index in [4.69, 9.17) is 0 Å². The monoisotopic (exact) mass is 304 g/mol. The maximum absolute atomic E-state index is 11.7. The molecule has 1 atom stereocenters. The average Bonchev–Trinajstić information content (AvgIpc) is 2.76. The summed E-state index contributed by atoms with van der Waals surface area (Å²) in [6, 6.07) is 13.5. The molecule has 1 heterocycles. The van der Waals surface area contributed by atoms with Crippen LogP contribution in [0.1, 0.15) is 12.0 Å². The van der Waals surface area contributed by atoms with E-state index in [-0.39, 0.29) is 24.3 Å². The Balaban J connectivity index is 2.06. The predicted molar refractivity (Wildman–Crippen MR) is 81.0 cm³/mol. The molecule has 1 saturated heterocycles. The first-order valence-corrected chi connectivity index (χ1v) is 8.65. The molecule has 5 heteroatoms. The third-order valence-electron chi connectivity index (χ3n) is 4.25. The Morgan fingerprint density at radius 3 is 2.52 bits per heavy atom. The zero-order valence-corrected chi connectivity index (χ0v) is 12.3. The summed E-state index contributed by atoms with van der Waals surface area (Å²) < 4.78 is 23.5. The van der Waals surface area contributed by atoms with Crippen molar-refractivity contribution in [2.75, 3.05) is 11.5 Å². The fourth-order valence-corrected chi connectivity index (χ4v) is 5.17. The molecule has 110 valence electrons. The highest BCUT2D eigenvalue weighted by molar-refractivity contribution is 7.91. The Morgan fingerprint density at radius 2 is 1.86 bits per heavy atom. The normalized spacial score (nSPS) is 24.2. The molecule has 1 unspecified atom stereocenters. The van der Waals surface area contributed by atoms with Gasteiger partial charge in [0.05, 0.1) is 16.9 Å². The Kier molecular flexibility index (Phi) is 3.24. The van der Waals surface area contributed by atoms with Crippen LogP contribution in [-0.2, 0) is 21.1 Å². The van der Waals surface area contributed by atoms with Crippen molar-refractivity contribution in [2.45, 2.75) is 12.8 Å². The van der Waals surface area contributed by atoms with Gasteiger partial charge in [-0.2, -0.15) is 0 Å².